The van der Waals surface area contributed by atoms with Crippen molar-refractivity contribution in [1.29, 1.82) is 5.26 Å². The van der Waals surface area contributed by atoms with Crippen molar-refractivity contribution in [2.24, 2.45) is 0 Å². The highest BCUT2D eigenvalue weighted by atomic mass is 35.5. The van der Waals surface area contributed by atoms with Crippen molar-refractivity contribution < 1.29 is 4.79 Å². The molecule has 2 rings (SSSR count). The van der Waals surface area contributed by atoms with E-state index in [0.29, 0.717) is 20.5 Å². The van der Waals surface area contributed by atoms with Gasteiger partial charge >= 0.3 is 0 Å². The maximum absolute atomic E-state index is 12.1. The topological polar surface area (TPSA) is 40.9 Å². The maximum atomic E-state index is 12.1. The first-order valence-corrected chi connectivity index (χ1v) is 6.91. The molecule has 2 nitrogen and oxygen atoms in total. The average molecular weight is 308 g/mol. The van der Waals surface area contributed by atoms with Gasteiger partial charge in [0, 0.05) is 15.6 Å². The van der Waals surface area contributed by atoms with Crippen LogP contribution in [0, 0.1) is 11.3 Å². The van der Waals surface area contributed by atoms with E-state index in [1.165, 1.54) is 17.4 Å². The van der Waals surface area contributed by atoms with Crippen LogP contribution >= 0.6 is 34.5 Å². The van der Waals surface area contributed by atoms with Gasteiger partial charge in [-0.3, -0.25) is 4.79 Å². The smallest absolute Gasteiger partial charge is 0.213 e. The molecular weight excluding hydrogens is 301 g/mol. The van der Waals surface area contributed by atoms with Gasteiger partial charge < -0.3 is 0 Å². The molecule has 0 unspecified atom stereocenters. The van der Waals surface area contributed by atoms with E-state index in [1.54, 1.807) is 35.7 Å². The second-order valence-corrected chi connectivity index (χ2v) is 5.37. The van der Waals surface area contributed by atoms with Crippen LogP contribution < -0.4 is 0 Å². The highest BCUT2D eigenvalue weighted by Crippen LogP contribution is 2.27. The van der Waals surface area contributed by atoms with Crippen molar-refractivity contribution in [3.05, 3.63) is 61.8 Å². The van der Waals surface area contributed by atoms with E-state index in [1.807, 2.05) is 6.07 Å². The van der Waals surface area contributed by atoms with Crippen molar-refractivity contribution >= 4 is 46.4 Å². The minimum Gasteiger partial charge on any atom is -0.287 e. The summed E-state index contributed by atoms with van der Waals surface area (Å²) in [5.74, 6) is -0.325. The number of benzene rings is 1. The van der Waals surface area contributed by atoms with Gasteiger partial charge in [-0.25, -0.2) is 0 Å². The first-order chi connectivity index (χ1) is 9.13. The van der Waals surface area contributed by atoms with Crippen molar-refractivity contribution in [2.45, 2.75) is 0 Å². The van der Waals surface area contributed by atoms with Crippen LogP contribution in [0.5, 0.6) is 0 Å². The van der Waals surface area contributed by atoms with E-state index < -0.39 is 0 Å². The zero-order chi connectivity index (χ0) is 13.8. The fourth-order valence-corrected chi connectivity index (χ4v) is 2.67. The summed E-state index contributed by atoms with van der Waals surface area (Å²) in [5.41, 5.74) is 0.490. The van der Waals surface area contributed by atoms with Gasteiger partial charge in [-0.1, -0.05) is 35.3 Å². The zero-order valence-electron chi connectivity index (χ0n) is 9.56. The van der Waals surface area contributed by atoms with E-state index in [-0.39, 0.29) is 11.4 Å². The van der Waals surface area contributed by atoms with Crippen molar-refractivity contribution in [3.8, 4) is 6.07 Å². The van der Waals surface area contributed by atoms with E-state index in [4.69, 9.17) is 28.5 Å². The van der Waals surface area contributed by atoms with Crippen LogP contribution in [0.25, 0.3) is 6.08 Å². The monoisotopic (exact) mass is 307 g/mol. The quantitative estimate of drug-likeness (QED) is 0.462. The molecule has 0 spiro atoms. The summed E-state index contributed by atoms with van der Waals surface area (Å²) in [4.78, 5) is 12.6. The lowest BCUT2D eigenvalue weighted by Gasteiger charge is -2.02. The molecule has 1 aromatic carbocycles. The average Bonchev–Trinajstić information content (AvgIpc) is 2.92. The molecule has 0 aliphatic carbocycles. The standard InChI is InChI=1S/C14H7Cl2NOS/c15-11-3-1-4-12(16)10(11)7-9(8-17)14(18)13-5-2-6-19-13/h1-7H/b9-7+. The molecule has 0 aliphatic rings. The number of carbonyl (C=O) groups excluding carboxylic acids is 1. The van der Waals surface area contributed by atoms with E-state index >= 15 is 0 Å². The molecule has 19 heavy (non-hydrogen) atoms. The van der Waals surface area contributed by atoms with E-state index in [2.05, 4.69) is 0 Å². The molecule has 0 N–H and O–H groups in total. The predicted molar refractivity (Wildman–Crippen MR) is 78.7 cm³/mol. The molecule has 0 saturated heterocycles. The number of rotatable bonds is 3. The normalized spacial score (nSPS) is 11.1. The number of Topliss-reactive ketones (excluding diaryl/α,β-unsaturated/α-hetero) is 1. The van der Waals surface area contributed by atoms with Crippen LogP contribution in [-0.4, -0.2) is 5.78 Å². The summed E-state index contributed by atoms with van der Waals surface area (Å²) < 4.78 is 0. The van der Waals surface area contributed by atoms with Crippen molar-refractivity contribution in [3.63, 3.8) is 0 Å². The number of thiophene rings is 1. The van der Waals surface area contributed by atoms with Crippen LogP contribution in [0.2, 0.25) is 10.0 Å². The Hall–Kier alpha value is -1.60. The van der Waals surface area contributed by atoms with Gasteiger partial charge in [-0.05, 0) is 29.7 Å². The number of hydrogen-bond acceptors (Lipinski definition) is 3. The van der Waals surface area contributed by atoms with Crippen LogP contribution in [0.1, 0.15) is 15.2 Å². The predicted octanol–water partition coefficient (Wildman–Crippen LogP) is 4.84. The van der Waals surface area contributed by atoms with Crippen molar-refractivity contribution in [1.82, 2.24) is 0 Å². The maximum Gasteiger partial charge on any atom is 0.213 e. The number of nitrogens with zero attached hydrogens (tertiary/aromatic N) is 1. The second-order valence-electron chi connectivity index (χ2n) is 3.61. The molecule has 0 atom stereocenters. The zero-order valence-corrected chi connectivity index (χ0v) is 11.9. The highest BCUT2D eigenvalue weighted by Gasteiger charge is 2.14. The van der Waals surface area contributed by atoms with Crippen LogP contribution in [0.15, 0.2) is 41.3 Å². The Balaban J connectivity index is 2.46. The number of ketones is 1. The Labute approximate surface area is 124 Å². The largest absolute Gasteiger partial charge is 0.287 e. The first-order valence-electron chi connectivity index (χ1n) is 5.27. The summed E-state index contributed by atoms with van der Waals surface area (Å²) >= 11 is 13.3. The van der Waals surface area contributed by atoms with Gasteiger partial charge in [0.15, 0.2) is 0 Å². The summed E-state index contributed by atoms with van der Waals surface area (Å²) in [6.45, 7) is 0. The Kier molecular flexibility index (Phi) is 4.39. The molecular formula is C14H7Cl2NOS. The van der Waals surface area contributed by atoms with Crippen LogP contribution in [-0.2, 0) is 0 Å². The number of allylic oxidation sites excluding steroid dienone is 1. The summed E-state index contributed by atoms with van der Waals surface area (Å²) in [5, 5.41) is 11.7. The van der Waals surface area contributed by atoms with Crippen LogP contribution in [0.4, 0.5) is 0 Å². The first kappa shape index (κ1) is 13.8. The lowest BCUT2D eigenvalue weighted by atomic mass is 10.1. The molecule has 5 heteroatoms. The molecule has 0 radical (unpaired) electrons. The molecule has 1 heterocycles. The highest BCUT2D eigenvalue weighted by molar-refractivity contribution is 7.12. The fourth-order valence-electron chi connectivity index (χ4n) is 1.48. The van der Waals surface area contributed by atoms with Gasteiger partial charge in [0.1, 0.15) is 11.6 Å². The summed E-state index contributed by atoms with van der Waals surface area (Å²) in [6, 6.07) is 10.3. The lowest BCUT2D eigenvalue weighted by Crippen LogP contribution is -1.99. The van der Waals surface area contributed by atoms with Gasteiger partial charge in [-0.15, -0.1) is 11.3 Å². The Bertz CT molecular complexity index is 664. The minimum absolute atomic E-state index is 0.0115. The number of carbonyl (C=O) groups is 1. The van der Waals surface area contributed by atoms with Gasteiger partial charge in [0.25, 0.3) is 0 Å². The molecule has 0 fully saturated rings. The Morgan fingerprint density at radius 3 is 2.42 bits per heavy atom. The third-order valence-electron chi connectivity index (χ3n) is 2.40. The second kappa shape index (κ2) is 6.03. The minimum atomic E-state index is -0.325. The number of hydrogen-bond donors (Lipinski definition) is 0. The molecule has 94 valence electrons. The summed E-state index contributed by atoms with van der Waals surface area (Å²) in [7, 11) is 0. The molecule has 0 bridgehead atoms. The SMILES string of the molecule is N#C/C(=C\c1c(Cl)cccc1Cl)C(=O)c1cccs1. The fraction of sp³-hybridized carbons (Fsp3) is 0. The lowest BCUT2D eigenvalue weighted by molar-refractivity contribution is 0.104. The van der Waals surface area contributed by atoms with E-state index in [0.717, 1.165) is 0 Å². The van der Waals surface area contributed by atoms with Gasteiger partial charge in [0.2, 0.25) is 5.78 Å². The third-order valence-corrected chi connectivity index (χ3v) is 3.93. The molecule has 0 aliphatic heterocycles. The van der Waals surface area contributed by atoms with E-state index in [9.17, 15) is 4.79 Å². The van der Waals surface area contributed by atoms with Gasteiger partial charge in [-0.2, -0.15) is 5.26 Å². The van der Waals surface area contributed by atoms with Crippen molar-refractivity contribution in [2.75, 3.05) is 0 Å². The molecule has 1 aromatic heterocycles. The molecule has 0 amide bonds. The Morgan fingerprint density at radius 1 is 1.21 bits per heavy atom. The summed E-state index contributed by atoms with van der Waals surface area (Å²) in [6.07, 6.45) is 1.42. The number of halogens is 2. The van der Waals surface area contributed by atoms with Crippen LogP contribution in [0.3, 0.4) is 0 Å². The third kappa shape index (κ3) is 3.05. The number of nitriles is 1. The Morgan fingerprint density at radius 2 is 1.89 bits per heavy atom. The van der Waals surface area contributed by atoms with Gasteiger partial charge in [0.05, 0.1) is 4.88 Å². The molecule has 2 aromatic rings. The molecule has 0 saturated carbocycles.